The van der Waals surface area contributed by atoms with Crippen LogP contribution in [0.3, 0.4) is 0 Å². The van der Waals surface area contributed by atoms with Crippen molar-refractivity contribution in [3.63, 3.8) is 0 Å². The number of fused-ring (bicyclic) bond motifs is 1. The van der Waals surface area contributed by atoms with Crippen molar-refractivity contribution in [3.05, 3.63) is 126 Å². The van der Waals surface area contributed by atoms with E-state index in [9.17, 15) is 9.59 Å². The molecule has 0 bridgehead atoms. The number of rotatable bonds is 6. The lowest BCUT2D eigenvalue weighted by atomic mass is 10.1. The molecule has 0 unspecified atom stereocenters. The van der Waals surface area contributed by atoms with Crippen molar-refractivity contribution in [2.75, 3.05) is 6.54 Å². The van der Waals surface area contributed by atoms with Crippen LogP contribution in [0.1, 0.15) is 27.1 Å². The summed E-state index contributed by atoms with van der Waals surface area (Å²) in [7, 11) is 0. The maximum atomic E-state index is 12.9. The molecule has 3 nitrogen and oxygen atoms in total. The first-order valence-corrected chi connectivity index (χ1v) is 12.9. The van der Waals surface area contributed by atoms with E-state index >= 15 is 0 Å². The number of amides is 2. The maximum absolute atomic E-state index is 12.9. The van der Waals surface area contributed by atoms with Crippen molar-refractivity contribution in [1.29, 1.82) is 0 Å². The minimum atomic E-state index is -2.10. The molecule has 33 heavy (non-hydrogen) atoms. The van der Waals surface area contributed by atoms with Crippen LogP contribution in [0.4, 0.5) is 0 Å². The van der Waals surface area contributed by atoms with Crippen LogP contribution in [0.25, 0.3) is 0 Å². The first kappa shape index (κ1) is 21.2. The number of carbonyl (C=O) groups is 2. The topological polar surface area (TPSA) is 37.4 Å². The Bertz CT molecular complexity index is 1210. The van der Waals surface area contributed by atoms with Gasteiger partial charge < -0.3 is 0 Å². The van der Waals surface area contributed by atoms with Gasteiger partial charge in [0.05, 0.1) is 11.1 Å². The standard InChI is InChI=1S/C29H24NO2P/c31-28-26-19-10-11-20-27(26)29(32)30(28)21-12-22-33(23-13-4-1-5-14-23,24-15-6-2-7-16-24)25-17-8-3-9-18-25/h1-11,13-20,22H,12,21H2. The van der Waals surface area contributed by atoms with Gasteiger partial charge in [-0.15, -0.1) is 0 Å². The Kier molecular flexibility index (Phi) is 5.81. The quantitative estimate of drug-likeness (QED) is 0.322. The largest absolute Gasteiger partial charge is 0.274 e. The van der Waals surface area contributed by atoms with Gasteiger partial charge in [0.15, 0.2) is 0 Å². The van der Waals surface area contributed by atoms with Crippen molar-refractivity contribution in [3.8, 4) is 0 Å². The van der Waals surface area contributed by atoms with Crippen molar-refractivity contribution < 1.29 is 9.59 Å². The fourth-order valence-electron chi connectivity index (χ4n) is 4.58. The molecule has 1 aliphatic heterocycles. The van der Waals surface area contributed by atoms with Gasteiger partial charge in [-0.3, -0.25) is 14.5 Å². The Labute approximate surface area is 194 Å². The Morgan fingerprint density at radius 3 is 1.30 bits per heavy atom. The molecule has 5 rings (SSSR count). The number of imide groups is 1. The number of benzene rings is 4. The fourth-order valence-corrected chi connectivity index (χ4v) is 8.53. The normalized spacial score (nSPS) is 13.2. The lowest BCUT2D eigenvalue weighted by Gasteiger charge is -2.29. The fraction of sp³-hybridized carbons (Fsp3) is 0.0690. The average Bonchev–Trinajstić information content (AvgIpc) is 3.13. The molecule has 0 spiro atoms. The van der Waals surface area contributed by atoms with Gasteiger partial charge >= 0.3 is 0 Å². The Hall–Kier alpha value is -3.68. The average molecular weight is 449 g/mol. The summed E-state index contributed by atoms with van der Waals surface area (Å²) in [5.41, 5.74) is 0.996. The minimum absolute atomic E-state index is 0.202. The highest BCUT2D eigenvalue weighted by molar-refractivity contribution is 7.94. The summed E-state index contributed by atoms with van der Waals surface area (Å²) < 4.78 is 0. The monoisotopic (exact) mass is 449 g/mol. The van der Waals surface area contributed by atoms with Crippen molar-refractivity contribution in [2.24, 2.45) is 0 Å². The molecule has 0 saturated carbocycles. The first-order valence-electron chi connectivity index (χ1n) is 11.1. The lowest BCUT2D eigenvalue weighted by Crippen LogP contribution is -2.32. The molecule has 0 atom stereocenters. The molecule has 0 fully saturated rings. The minimum Gasteiger partial charge on any atom is -0.274 e. The predicted octanol–water partition coefficient (Wildman–Crippen LogP) is 4.47. The summed E-state index contributed by atoms with van der Waals surface area (Å²) >= 11 is 0. The Morgan fingerprint density at radius 1 is 0.545 bits per heavy atom. The smallest absolute Gasteiger partial charge is 0.261 e. The zero-order chi connectivity index (χ0) is 22.7. The highest BCUT2D eigenvalue weighted by atomic mass is 31.2. The predicted molar refractivity (Wildman–Crippen MR) is 138 cm³/mol. The maximum Gasteiger partial charge on any atom is 0.261 e. The molecule has 4 heteroatoms. The summed E-state index contributed by atoms with van der Waals surface area (Å²) in [6, 6.07) is 38.8. The Morgan fingerprint density at radius 2 is 0.909 bits per heavy atom. The van der Waals surface area contributed by atoms with E-state index in [2.05, 4.69) is 78.6 Å². The second-order valence-corrected chi connectivity index (χ2v) is 11.4. The first-order chi connectivity index (χ1) is 16.2. The van der Waals surface area contributed by atoms with Crippen molar-refractivity contribution >= 4 is 40.4 Å². The third-order valence-corrected chi connectivity index (χ3v) is 10.3. The molecule has 4 aromatic carbocycles. The molecular formula is C29H24NO2P. The highest BCUT2D eigenvalue weighted by Gasteiger charge is 2.34. The van der Waals surface area contributed by atoms with Crippen LogP contribution in [0.5, 0.6) is 0 Å². The summed E-state index contributed by atoms with van der Waals surface area (Å²) in [6.07, 6.45) is 0.609. The summed E-state index contributed by atoms with van der Waals surface area (Å²) in [6.45, 7) is -1.74. The summed E-state index contributed by atoms with van der Waals surface area (Å²) in [4.78, 5) is 27.1. The molecule has 0 N–H and O–H groups in total. The van der Waals surface area contributed by atoms with Crippen molar-refractivity contribution in [1.82, 2.24) is 4.90 Å². The van der Waals surface area contributed by atoms with Crippen LogP contribution in [-0.2, 0) is 0 Å². The van der Waals surface area contributed by atoms with Crippen molar-refractivity contribution in [2.45, 2.75) is 6.42 Å². The molecular weight excluding hydrogens is 425 g/mol. The summed E-state index contributed by atoms with van der Waals surface area (Å²) in [5, 5.41) is 3.76. The number of carbonyl (C=O) groups excluding carboxylic acids is 2. The van der Waals surface area contributed by atoms with Gasteiger partial charge in [0.2, 0.25) is 0 Å². The molecule has 1 heterocycles. The van der Waals surface area contributed by atoms with Crippen LogP contribution in [0, 0.1) is 0 Å². The van der Waals surface area contributed by atoms with E-state index in [0.717, 1.165) is 0 Å². The SMILES string of the molecule is O=C1c2ccccc2C(=O)N1CCC=P(c1ccccc1)(c1ccccc1)c1ccccc1. The van der Waals surface area contributed by atoms with Crippen LogP contribution in [0.2, 0.25) is 0 Å². The van der Waals surface area contributed by atoms with Crippen LogP contribution < -0.4 is 15.9 Å². The Balaban J connectivity index is 1.60. The molecule has 1 aliphatic rings. The van der Waals surface area contributed by atoms with Gasteiger partial charge in [-0.1, -0.05) is 109 Å². The number of hydrogen-bond donors (Lipinski definition) is 0. The van der Waals surface area contributed by atoms with Gasteiger partial charge in [0, 0.05) is 6.54 Å². The van der Waals surface area contributed by atoms with Gasteiger partial charge in [0.25, 0.3) is 11.8 Å². The zero-order valence-electron chi connectivity index (χ0n) is 18.2. The molecule has 0 aromatic heterocycles. The molecule has 0 saturated heterocycles. The molecule has 0 aliphatic carbocycles. The van der Waals surface area contributed by atoms with E-state index in [1.807, 2.05) is 18.2 Å². The van der Waals surface area contributed by atoms with E-state index in [-0.39, 0.29) is 11.8 Å². The zero-order valence-corrected chi connectivity index (χ0v) is 19.1. The number of nitrogens with zero attached hydrogens (tertiary/aromatic N) is 1. The van der Waals surface area contributed by atoms with Gasteiger partial charge in [0.1, 0.15) is 0 Å². The van der Waals surface area contributed by atoms with Crippen LogP contribution in [-0.4, -0.2) is 29.1 Å². The van der Waals surface area contributed by atoms with E-state index < -0.39 is 6.89 Å². The third kappa shape index (κ3) is 3.75. The molecule has 0 radical (unpaired) electrons. The van der Waals surface area contributed by atoms with Gasteiger partial charge in [-0.05, 0) is 41.4 Å². The second-order valence-electron chi connectivity index (χ2n) is 8.01. The number of hydrogen-bond acceptors (Lipinski definition) is 2. The van der Waals surface area contributed by atoms with Crippen LogP contribution in [0.15, 0.2) is 115 Å². The summed E-state index contributed by atoms with van der Waals surface area (Å²) in [5.74, 6) is 1.95. The van der Waals surface area contributed by atoms with Gasteiger partial charge in [-0.25, -0.2) is 0 Å². The molecule has 2 amide bonds. The molecule has 4 aromatic rings. The van der Waals surface area contributed by atoms with E-state index in [1.165, 1.54) is 20.8 Å². The van der Waals surface area contributed by atoms with E-state index in [1.54, 1.807) is 24.3 Å². The molecule has 162 valence electrons. The van der Waals surface area contributed by atoms with Crippen LogP contribution >= 0.6 is 6.89 Å². The van der Waals surface area contributed by atoms with E-state index in [4.69, 9.17) is 0 Å². The highest BCUT2D eigenvalue weighted by Crippen LogP contribution is 2.44. The third-order valence-electron chi connectivity index (χ3n) is 6.12. The van der Waals surface area contributed by atoms with E-state index in [0.29, 0.717) is 24.1 Å². The second kappa shape index (κ2) is 9.05. The van der Waals surface area contributed by atoms with Gasteiger partial charge in [-0.2, -0.15) is 0 Å². The lowest BCUT2D eigenvalue weighted by molar-refractivity contribution is 0.0659.